The second kappa shape index (κ2) is 41.3. The summed E-state index contributed by atoms with van der Waals surface area (Å²) in [6.07, 6.45) is 0.0598. The molecule has 22 nitrogen and oxygen atoms in total. The third kappa shape index (κ3) is 21.1. The molecule has 1 aliphatic heterocycles. The first-order chi connectivity index (χ1) is 51.1. The molecule has 12 aromatic rings. The van der Waals surface area contributed by atoms with Gasteiger partial charge >= 0.3 is 6.03 Å². The lowest BCUT2D eigenvalue weighted by Gasteiger charge is -2.26. The van der Waals surface area contributed by atoms with Crippen LogP contribution in [0.2, 0.25) is 0 Å². The zero-order chi connectivity index (χ0) is 75.7. The van der Waals surface area contributed by atoms with Crippen LogP contribution in [0.3, 0.4) is 0 Å². The fourth-order valence-electron chi connectivity index (χ4n) is 12.3. The van der Waals surface area contributed by atoms with E-state index in [4.69, 9.17) is 32.4 Å². The standard InChI is InChI=1S/C24H27N3O3.C22H23N5O2.C19H22N4O.C19H19N3O.5CH4/c1-17-9-12-24(30-20-7-5-4-6-8-20)23(13-17)27(18(2)28)15-19-14-21(29-3)10-11-22(19)26-16-25;1-14-9-10-16-18(11-14)26(3)21-20(16)17(12-19(28)25(2)13-23)24-27(22(21)29)15-7-5-4-6-8-15;1-13-4-7-15(8-5-13)18-16-12-14(2)6-9-17(16)22(3)19(24)23(21-18)11-10-20;1-13-6-2-4-8-15(13)18-16-9-5-3-7-14(16)12-17(22-18)19(23)21-11-10-20;;;;;/h4-14,26H,15-16,25H2,1-3H3;4-11H,12-13,23H2,1-3H3;4-9,12H,10-11,20H2,1-3H3;2-9,12H,10-11,20H2,1H3,(H,21,23);5*1H4. The summed E-state index contributed by atoms with van der Waals surface area (Å²) < 4.78 is 14.7. The number of rotatable bonds is 19. The second-order valence-electron chi connectivity index (χ2n) is 25.7. The van der Waals surface area contributed by atoms with Gasteiger partial charge in [0, 0.05) is 91.8 Å². The Hall–Kier alpha value is -12.3. The number of nitrogens with one attached hydrogen (secondary N) is 2. The van der Waals surface area contributed by atoms with Crippen LogP contribution in [-0.2, 0) is 29.6 Å². The molecule has 5 amide bonds. The zero-order valence-electron chi connectivity index (χ0n) is 61.6. The molecule has 111 heavy (non-hydrogen) atoms. The normalized spacial score (nSPS) is 11.1. The van der Waals surface area contributed by atoms with Gasteiger partial charge in [-0.1, -0.05) is 182 Å². The molecule has 0 saturated carbocycles. The molecule has 0 fully saturated rings. The summed E-state index contributed by atoms with van der Waals surface area (Å²) in [5.41, 5.74) is 38.8. The number of methoxy groups -OCH3 is 1. The fourth-order valence-corrected chi connectivity index (χ4v) is 12.3. The summed E-state index contributed by atoms with van der Waals surface area (Å²) in [5, 5.41) is 20.3. The van der Waals surface area contributed by atoms with Crippen LogP contribution in [0.15, 0.2) is 222 Å². The number of fused-ring (bicyclic) bond motifs is 5. The van der Waals surface area contributed by atoms with E-state index in [1.54, 1.807) is 37.9 Å². The minimum Gasteiger partial charge on any atom is -0.497 e. The second-order valence-corrected chi connectivity index (χ2v) is 25.7. The third-order valence-electron chi connectivity index (χ3n) is 17.9. The van der Waals surface area contributed by atoms with Crippen LogP contribution in [0.25, 0.3) is 49.5 Å². The van der Waals surface area contributed by atoms with E-state index in [2.05, 4.69) is 50.9 Å². The summed E-state index contributed by atoms with van der Waals surface area (Å²) in [7, 11) is 6.91. The molecule has 1 aliphatic rings. The molecular formula is C89H111N15O7. The predicted molar refractivity (Wildman–Crippen MR) is 459 cm³/mol. The number of likely N-dealkylation sites (N-methyl/N-ethyl adjacent to an activating group) is 1. The van der Waals surface area contributed by atoms with E-state index < -0.39 is 0 Å². The lowest BCUT2D eigenvalue weighted by molar-refractivity contribution is -0.129. The SMILES string of the molecule is C.C.C.C.C.COc1ccc(NCN)c(CN(C(C)=O)c2cc(C)ccc2Oc2ccccc2)c1.Cc1ccc(C2=NN(CCN)C(=O)N(C)c3ccc(C)cc32)cc1.Cc1ccc2c3c(CC(=O)N(C)CN)nn(-c4ccccc4)c(=O)c3n(C)c2c1.Cc1ccccc1-c1nc(C(=O)NCCN)cc2ccccc12. The number of hydrogen-bond acceptors (Lipinski definition) is 15. The molecule has 13 rings (SSSR count). The number of aromatic nitrogens is 4. The van der Waals surface area contributed by atoms with Crippen LogP contribution in [-0.4, -0.2) is 119 Å². The number of anilines is 3. The lowest BCUT2D eigenvalue weighted by atomic mass is 9.98. The van der Waals surface area contributed by atoms with Gasteiger partial charge < -0.3 is 57.4 Å². The maximum atomic E-state index is 13.4. The molecule has 0 radical (unpaired) electrons. The van der Waals surface area contributed by atoms with Crippen molar-refractivity contribution in [3.05, 3.63) is 279 Å². The van der Waals surface area contributed by atoms with Gasteiger partial charge in [0.1, 0.15) is 28.4 Å². The number of para-hydroxylation sites is 2. The number of carbonyl (C=O) groups is 4. The van der Waals surface area contributed by atoms with Gasteiger partial charge in [0.15, 0.2) is 5.75 Å². The summed E-state index contributed by atoms with van der Waals surface area (Å²) in [6, 6.07) is 68.2. The highest BCUT2D eigenvalue weighted by Crippen LogP contribution is 2.37. The van der Waals surface area contributed by atoms with E-state index in [9.17, 15) is 24.0 Å². The number of carbonyl (C=O) groups excluding carboxylic acids is 4. The maximum Gasteiger partial charge on any atom is 0.344 e. The Morgan fingerprint density at radius 1 is 0.622 bits per heavy atom. The van der Waals surface area contributed by atoms with Crippen LogP contribution in [0, 0.1) is 34.6 Å². The number of urea groups is 1. The molecule has 10 N–H and O–H groups in total. The Labute approximate surface area is 654 Å². The summed E-state index contributed by atoms with van der Waals surface area (Å²) in [4.78, 5) is 73.1. The van der Waals surface area contributed by atoms with Gasteiger partial charge in [-0.15, -0.1) is 0 Å². The van der Waals surface area contributed by atoms with E-state index in [0.29, 0.717) is 78.3 Å². The van der Waals surface area contributed by atoms with Crippen molar-refractivity contribution in [1.82, 2.24) is 34.6 Å². The number of aryl methyl sites for hydroxylation is 6. The van der Waals surface area contributed by atoms with Crippen molar-refractivity contribution in [3.8, 4) is 34.2 Å². The van der Waals surface area contributed by atoms with E-state index in [1.165, 1.54) is 20.2 Å². The van der Waals surface area contributed by atoms with E-state index in [0.717, 1.165) is 94.3 Å². The number of hydrogen-bond donors (Lipinski definition) is 6. The topological polar surface area (TPSA) is 293 Å². The molecule has 9 aromatic carbocycles. The highest BCUT2D eigenvalue weighted by atomic mass is 16.5. The number of hydrazone groups is 1. The molecule has 22 heteroatoms. The van der Waals surface area contributed by atoms with Crippen molar-refractivity contribution in [2.45, 2.75) is 91.6 Å². The highest BCUT2D eigenvalue weighted by Gasteiger charge is 2.29. The summed E-state index contributed by atoms with van der Waals surface area (Å²) in [6.45, 7) is 14.0. The number of amides is 5. The Kier molecular flexibility index (Phi) is 33.2. The monoisotopic (exact) mass is 1500 g/mol. The van der Waals surface area contributed by atoms with Gasteiger partial charge in [0.2, 0.25) is 11.8 Å². The van der Waals surface area contributed by atoms with Crippen LogP contribution in [0.1, 0.15) is 105 Å². The van der Waals surface area contributed by atoms with Gasteiger partial charge in [-0.3, -0.25) is 24.1 Å². The molecule has 0 saturated heterocycles. The third-order valence-corrected chi connectivity index (χ3v) is 17.9. The van der Waals surface area contributed by atoms with Gasteiger partial charge in [-0.05, 0) is 141 Å². The van der Waals surface area contributed by atoms with Gasteiger partial charge in [-0.25, -0.2) is 14.8 Å². The Bertz CT molecular complexity index is 5240. The number of nitrogens with two attached hydrogens (primary N) is 4. The van der Waals surface area contributed by atoms with Gasteiger partial charge in [0.05, 0.1) is 68.4 Å². The average Bonchev–Trinajstić information content (AvgIpc) is 1.59. The van der Waals surface area contributed by atoms with Gasteiger partial charge in [-0.2, -0.15) is 14.9 Å². The van der Waals surface area contributed by atoms with E-state index in [1.807, 2.05) is 233 Å². The molecular weight excluding hydrogens is 1390 g/mol. The molecule has 0 aliphatic carbocycles. The van der Waals surface area contributed by atoms with E-state index >= 15 is 0 Å². The van der Waals surface area contributed by atoms with Crippen LogP contribution in [0.5, 0.6) is 17.2 Å². The van der Waals surface area contributed by atoms with Crippen LogP contribution in [0.4, 0.5) is 21.9 Å². The quantitative estimate of drug-likeness (QED) is 0.0411. The van der Waals surface area contributed by atoms with Crippen molar-refractivity contribution in [1.29, 1.82) is 0 Å². The maximum absolute atomic E-state index is 13.4. The zero-order valence-corrected chi connectivity index (χ0v) is 61.6. The first-order valence-electron chi connectivity index (χ1n) is 34.8. The highest BCUT2D eigenvalue weighted by molar-refractivity contribution is 6.19. The van der Waals surface area contributed by atoms with Crippen LogP contribution >= 0.6 is 0 Å². The van der Waals surface area contributed by atoms with Crippen molar-refractivity contribution < 1.29 is 28.7 Å². The number of pyridine rings is 1. The summed E-state index contributed by atoms with van der Waals surface area (Å²) in [5.74, 6) is 1.58. The molecule has 0 bridgehead atoms. The predicted octanol–water partition coefficient (Wildman–Crippen LogP) is 15.7. The first kappa shape index (κ1) is 89.3. The lowest BCUT2D eigenvalue weighted by Crippen LogP contribution is -2.39. The molecule has 3 aromatic heterocycles. The Morgan fingerprint density at radius 2 is 1.25 bits per heavy atom. The molecule has 0 spiro atoms. The molecule has 4 heterocycles. The Balaban J connectivity index is 0.000000262. The van der Waals surface area contributed by atoms with Crippen molar-refractivity contribution in [2.24, 2.45) is 35.1 Å². The first-order valence-corrected chi connectivity index (χ1v) is 34.8. The number of nitrogens with zero attached hydrogens (tertiary/aromatic N) is 9. The minimum atomic E-state index is -0.217. The van der Waals surface area contributed by atoms with Crippen molar-refractivity contribution >= 4 is 79.1 Å². The van der Waals surface area contributed by atoms with Crippen molar-refractivity contribution in [2.75, 3.05) is 75.8 Å². The minimum absolute atomic E-state index is 0. The Morgan fingerprint density at radius 3 is 1.91 bits per heavy atom. The fraction of sp³-hybridized carbons (Fsp3) is 0.258. The number of benzene rings is 9. The van der Waals surface area contributed by atoms with Crippen LogP contribution < -0.4 is 58.4 Å². The molecule has 584 valence electrons. The largest absolute Gasteiger partial charge is 0.497 e. The summed E-state index contributed by atoms with van der Waals surface area (Å²) >= 11 is 0. The smallest absolute Gasteiger partial charge is 0.344 e. The molecule has 0 atom stereocenters. The van der Waals surface area contributed by atoms with Crippen molar-refractivity contribution in [3.63, 3.8) is 0 Å². The van der Waals surface area contributed by atoms with E-state index in [-0.39, 0.29) is 86.2 Å². The van der Waals surface area contributed by atoms with Gasteiger partial charge in [0.25, 0.3) is 11.5 Å². The molecule has 0 unspecified atom stereocenters. The average molecular weight is 1500 g/mol. The number of ether oxygens (including phenoxy) is 2.